The monoisotopic (exact) mass is 246 g/mol. The highest BCUT2D eigenvalue weighted by atomic mass is 19.1. The van der Waals surface area contributed by atoms with E-state index in [0.29, 0.717) is 12.0 Å². The number of benzene rings is 1. The van der Waals surface area contributed by atoms with Gasteiger partial charge in [-0.1, -0.05) is 37.3 Å². The van der Waals surface area contributed by atoms with Crippen LogP contribution < -0.4 is 0 Å². The second kappa shape index (κ2) is 7.50. The summed E-state index contributed by atoms with van der Waals surface area (Å²) >= 11 is 0. The number of hydrogen-bond donors (Lipinski definition) is 2. The molecule has 94 valence electrons. The zero-order valence-electron chi connectivity index (χ0n) is 10.2. The zero-order chi connectivity index (χ0) is 13.4. The van der Waals surface area contributed by atoms with Crippen LogP contribution >= 0.6 is 0 Å². The lowest BCUT2D eigenvalue weighted by molar-refractivity contribution is 0.221. The Balaban J connectivity index is 2.60. The van der Waals surface area contributed by atoms with E-state index in [9.17, 15) is 14.6 Å². The third kappa shape index (κ3) is 5.01. The Morgan fingerprint density at radius 1 is 1.11 bits per heavy atom. The standard InChI is InChI=1S/C15H15FO2/c1-2-5-14(17)6-3-4-7-15(18)12-8-10-13(16)11-9-12/h8-11,14-15,17-18H,2,5H2,1H3. The number of aliphatic hydroxyl groups is 2. The van der Waals surface area contributed by atoms with Crippen LogP contribution in [0.5, 0.6) is 0 Å². The fourth-order valence-corrected chi connectivity index (χ4v) is 1.30. The Kier molecular flexibility index (Phi) is 5.94. The normalized spacial score (nSPS) is 12.7. The molecule has 0 aliphatic carbocycles. The Hall–Kier alpha value is -1.81. The molecule has 0 aliphatic rings. The van der Waals surface area contributed by atoms with Crippen molar-refractivity contribution in [2.45, 2.75) is 32.0 Å². The molecule has 0 bridgehead atoms. The van der Waals surface area contributed by atoms with E-state index in [0.717, 1.165) is 6.42 Å². The third-order valence-electron chi connectivity index (χ3n) is 2.26. The average Bonchev–Trinajstić information content (AvgIpc) is 2.35. The van der Waals surface area contributed by atoms with Gasteiger partial charge in [0.1, 0.15) is 18.0 Å². The Bertz CT molecular complexity index is 485. The molecular weight excluding hydrogens is 231 g/mol. The van der Waals surface area contributed by atoms with E-state index in [1.165, 1.54) is 24.3 Å². The van der Waals surface area contributed by atoms with Crippen molar-refractivity contribution in [3.05, 3.63) is 35.6 Å². The summed E-state index contributed by atoms with van der Waals surface area (Å²) in [5.41, 5.74) is 0.514. The highest BCUT2D eigenvalue weighted by molar-refractivity contribution is 5.32. The average molecular weight is 246 g/mol. The number of hydrogen-bond acceptors (Lipinski definition) is 2. The maximum absolute atomic E-state index is 12.7. The molecule has 18 heavy (non-hydrogen) atoms. The van der Waals surface area contributed by atoms with E-state index >= 15 is 0 Å². The van der Waals surface area contributed by atoms with E-state index in [1.54, 1.807) is 0 Å². The number of rotatable bonds is 3. The molecule has 2 nitrogen and oxygen atoms in total. The van der Waals surface area contributed by atoms with Crippen molar-refractivity contribution in [1.82, 2.24) is 0 Å². The molecule has 0 fully saturated rings. The van der Waals surface area contributed by atoms with Gasteiger partial charge in [0.15, 0.2) is 0 Å². The Morgan fingerprint density at radius 3 is 2.33 bits per heavy atom. The van der Waals surface area contributed by atoms with E-state index in [1.807, 2.05) is 6.92 Å². The minimum Gasteiger partial charge on any atom is -0.380 e. The molecular formula is C15H15FO2. The molecule has 2 unspecified atom stereocenters. The van der Waals surface area contributed by atoms with Gasteiger partial charge in [0.05, 0.1) is 0 Å². The fourth-order valence-electron chi connectivity index (χ4n) is 1.30. The summed E-state index contributed by atoms with van der Waals surface area (Å²) in [6.45, 7) is 1.95. The van der Waals surface area contributed by atoms with Gasteiger partial charge in [-0.15, -0.1) is 0 Å². The molecule has 1 aromatic carbocycles. The van der Waals surface area contributed by atoms with Gasteiger partial charge in [0.2, 0.25) is 0 Å². The molecule has 3 heteroatoms. The third-order valence-corrected chi connectivity index (χ3v) is 2.26. The van der Waals surface area contributed by atoms with Crippen LogP contribution in [0, 0.1) is 29.5 Å². The quantitative estimate of drug-likeness (QED) is 0.801. The fraction of sp³-hybridized carbons (Fsp3) is 0.333. The predicted octanol–water partition coefficient (Wildman–Crippen LogP) is 2.03. The molecule has 0 aliphatic heterocycles. The van der Waals surface area contributed by atoms with Gasteiger partial charge >= 0.3 is 0 Å². The minimum atomic E-state index is -0.997. The molecule has 0 radical (unpaired) electrons. The molecule has 0 saturated heterocycles. The van der Waals surface area contributed by atoms with E-state index in [-0.39, 0.29) is 5.82 Å². The topological polar surface area (TPSA) is 40.5 Å². The summed E-state index contributed by atoms with van der Waals surface area (Å²) in [6, 6.07) is 5.45. The highest BCUT2D eigenvalue weighted by Crippen LogP contribution is 2.11. The van der Waals surface area contributed by atoms with Crippen molar-refractivity contribution in [2.75, 3.05) is 0 Å². The first-order chi connectivity index (χ1) is 8.63. The van der Waals surface area contributed by atoms with Crippen LogP contribution in [0.25, 0.3) is 0 Å². The van der Waals surface area contributed by atoms with Gasteiger partial charge in [-0.2, -0.15) is 0 Å². The van der Waals surface area contributed by atoms with Crippen LogP contribution in [0.4, 0.5) is 4.39 Å². The van der Waals surface area contributed by atoms with Gasteiger partial charge < -0.3 is 10.2 Å². The molecule has 1 aromatic rings. The lowest BCUT2D eigenvalue weighted by Gasteiger charge is -2.01. The second-order valence-corrected chi connectivity index (χ2v) is 3.80. The summed E-state index contributed by atoms with van der Waals surface area (Å²) in [7, 11) is 0. The van der Waals surface area contributed by atoms with Crippen molar-refractivity contribution in [3.8, 4) is 23.7 Å². The molecule has 0 aromatic heterocycles. The molecule has 2 atom stereocenters. The first-order valence-corrected chi connectivity index (χ1v) is 5.76. The maximum atomic E-state index is 12.7. The lowest BCUT2D eigenvalue weighted by Crippen LogP contribution is -2.00. The first kappa shape index (κ1) is 14.3. The van der Waals surface area contributed by atoms with Crippen molar-refractivity contribution in [2.24, 2.45) is 0 Å². The number of halogens is 1. The Morgan fingerprint density at radius 2 is 1.72 bits per heavy atom. The predicted molar refractivity (Wildman–Crippen MR) is 67.8 cm³/mol. The summed E-state index contributed by atoms with van der Waals surface area (Å²) in [4.78, 5) is 0. The van der Waals surface area contributed by atoms with Gasteiger partial charge in [-0.3, -0.25) is 0 Å². The molecule has 0 saturated carbocycles. The van der Waals surface area contributed by atoms with Gasteiger partial charge in [-0.05, 0) is 36.0 Å². The maximum Gasteiger partial charge on any atom is 0.141 e. The minimum absolute atomic E-state index is 0.360. The molecule has 1 rings (SSSR count). The van der Waals surface area contributed by atoms with E-state index in [4.69, 9.17) is 0 Å². The summed E-state index contributed by atoms with van der Waals surface area (Å²) in [5, 5.41) is 19.0. The van der Waals surface area contributed by atoms with Crippen LogP contribution in [0.3, 0.4) is 0 Å². The SMILES string of the molecule is CCCC(O)C#CC#CC(O)c1ccc(F)cc1. The van der Waals surface area contributed by atoms with Crippen molar-refractivity contribution < 1.29 is 14.6 Å². The second-order valence-electron chi connectivity index (χ2n) is 3.80. The highest BCUT2D eigenvalue weighted by Gasteiger charge is 2.02. The van der Waals surface area contributed by atoms with Crippen LogP contribution in [0.15, 0.2) is 24.3 Å². The van der Waals surface area contributed by atoms with Crippen LogP contribution in [0.1, 0.15) is 31.4 Å². The van der Waals surface area contributed by atoms with Crippen LogP contribution in [-0.2, 0) is 0 Å². The van der Waals surface area contributed by atoms with E-state index < -0.39 is 12.2 Å². The van der Waals surface area contributed by atoms with Gasteiger partial charge in [0, 0.05) is 0 Å². The lowest BCUT2D eigenvalue weighted by atomic mass is 10.1. The van der Waals surface area contributed by atoms with Gasteiger partial charge in [0.25, 0.3) is 0 Å². The smallest absolute Gasteiger partial charge is 0.141 e. The first-order valence-electron chi connectivity index (χ1n) is 5.76. The van der Waals surface area contributed by atoms with Crippen molar-refractivity contribution >= 4 is 0 Å². The van der Waals surface area contributed by atoms with Gasteiger partial charge in [-0.25, -0.2) is 4.39 Å². The zero-order valence-corrected chi connectivity index (χ0v) is 10.2. The molecule has 0 spiro atoms. The Labute approximate surface area is 106 Å². The van der Waals surface area contributed by atoms with Crippen molar-refractivity contribution in [3.63, 3.8) is 0 Å². The summed E-state index contributed by atoms with van der Waals surface area (Å²) < 4.78 is 12.7. The van der Waals surface area contributed by atoms with Crippen LogP contribution in [0.2, 0.25) is 0 Å². The van der Waals surface area contributed by atoms with Crippen LogP contribution in [-0.4, -0.2) is 16.3 Å². The largest absolute Gasteiger partial charge is 0.380 e. The number of aliphatic hydroxyl groups excluding tert-OH is 2. The molecule has 0 heterocycles. The summed E-state index contributed by atoms with van der Waals surface area (Å²) in [5.74, 6) is 9.67. The molecule has 2 N–H and O–H groups in total. The summed E-state index contributed by atoms with van der Waals surface area (Å²) in [6.07, 6.45) is -0.216. The van der Waals surface area contributed by atoms with Crippen molar-refractivity contribution in [1.29, 1.82) is 0 Å². The molecule has 0 amide bonds. The van der Waals surface area contributed by atoms with E-state index in [2.05, 4.69) is 23.7 Å².